The van der Waals surface area contributed by atoms with Gasteiger partial charge in [-0.3, -0.25) is 0 Å². The molecular weight excluding hydrogens is 356 g/mol. The molecule has 0 atom stereocenters. The summed E-state index contributed by atoms with van der Waals surface area (Å²) in [7, 11) is 0. The van der Waals surface area contributed by atoms with E-state index >= 15 is 0 Å². The van der Waals surface area contributed by atoms with Crippen LogP contribution in [0.1, 0.15) is 25.3 Å². The fourth-order valence-corrected chi connectivity index (χ4v) is 2.42. The maximum absolute atomic E-state index is 6.12. The Morgan fingerprint density at radius 2 is 2.10 bits per heavy atom. The SMILES string of the molecule is Cc1cc(Br)c(Nc2nnc(CNCC(C)C)o2)cc1Cl. The monoisotopic (exact) mass is 372 g/mol. The lowest BCUT2D eigenvalue weighted by atomic mass is 10.2. The maximum Gasteiger partial charge on any atom is 0.320 e. The van der Waals surface area contributed by atoms with Crippen LogP contribution in [-0.4, -0.2) is 16.7 Å². The predicted molar refractivity (Wildman–Crippen MR) is 88.0 cm³/mol. The smallest absolute Gasteiger partial charge is 0.320 e. The van der Waals surface area contributed by atoms with E-state index in [1.54, 1.807) is 0 Å². The average molecular weight is 374 g/mol. The van der Waals surface area contributed by atoms with Crippen LogP contribution in [0.25, 0.3) is 0 Å². The molecule has 1 aromatic heterocycles. The van der Waals surface area contributed by atoms with Gasteiger partial charge in [-0.2, -0.15) is 0 Å². The molecule has 0 unspecified atom stereocenters. The molecule has 114 valence electrons. The Balaban J connectivity index is 2.01. The summed E-state index contributed by atoms with van der Waals surface area (Å²) in [6, 6.07) is 4.10. The zero-order valence-electron chi connectivity index (χ0n) is 12.2. The molecule has 2 N–H and O–H groups in total. The first-order chi connectivity index (χ1) is 9.95. The number of anilines is 2. The van der Waals surface area contributed by atoms with E-state index < -0.39 is 0 Å². The second-order valence-corrected chi connectivity index (χ2v) is 6.49. The molecular formula is C14H18BrClN4O. The number of hydrogen-bond donors (Lipinski definition) is 2. The van der Waals surface area contributed by atoms with Gasteiger partial charge in [-0.1, -0.05) is 30.5 Å². The van der Waals surface area contributed by atoms with Gasteiger partial charge in [0.15, 0.2) is 0 Å². The summed E-state index contributed by atoms with van der Waals surface area (Å²) in [4.78, 5) is 0. The fraction of sp³-hybridized carbons (Fsp3) is 0.429. The maximum atomic E-state index is 6.12. The first-order valence-corrected chi connectivity index (χ1v) is 7.88. The normalized spacial score (nSPS) is 11.1. The first kappa shape index (κ1) is 16.3. The fourth-order valence-electron chi connectivity index (χ4n) is 1.70. The van der Waals surface area contributed by atoms with Gasteiger partial charge in [-0.15, -0.1) is 5.10 Å². The van der Waals surface area contributed by atoms with Crippen molar-refractivity contribution in [3.63, 3.8) is 0 Å². The molecule has 0 saturated heterocycles. The number of halogens is 2. The van der Waals surface area contributed by atoms with E-state index in [1.165, 1.54) is 0 Å². The molecule has 21 heavy (non-hydrogen) atoms. The molecule has 0 fully saturated rings. The van der Waals surface area contributed by atoms with Crippen molar-refractivity contribution in [3.8, 4) is 0 Å². The number of aryl methyl sites for hydroxylation is 1. The van der Waals surface area contributed by atoms with Crippen LogP contribution in [0.2, 0.25) is 5.02 Å². The van der Waals surface area contributed by atoms with Crippen molar-refractivity contribution in [2.45, 2.75) is 27.3 Å². The summed E-state index contributed by atoms with van der Waals surface area (Å²) in [6.45, 7) is 7.70. The van der Waals surface area contributed by atoms with Gasteiger partial charge in [0, 0.05) is 9.50 Å². The molecule has 7 heteroatoms. The summed E-state index contributed by atoms with van der Waals surface area (Å²) >= 11 is 9.60. The molecule has 0 bridgehead atoms. The van der Waals surface area contributed by atoms with E-state index in [2.05, 4.69) is 50.6 Å². The minimum atomic E-state index is 0.344. The van der Waals surface area contributed by atoms with E-state index in [0.717, 1.165) is 22.3 Å². The predicted octanol–water partition coefficient (Wildman–Crippen LogP) is 4.28. The highest BCUT2D eigenvalue weighted by Gasteiger charge is 2.10. The molecule has 5 nitrogen and oxygen atoms in total. The van der Waals surface area contributed by atoms with Gasteiger partial charge >= 0.3 is 6.01 Å². The summed E-state index contributed by atoms with van der Waals surface area (Å²) in [5.41, 5.74) is 1.79. The lowest BCUT2D eigenvalue weighted by Crippen LogP contribution is -2.19. The van der Waals surface area contributed by atoms with Crippen LogP contribution in [0.3, 0.4) is 0 Å². The molecule has 2 aromatic rings. The van der Waals surface area contributed by atoms with E-state index in [-0.39, 0.29) is 0 Å². The molecule has 0 aliphatic rings. The van der Waals surface area contributed by atoms with Gasteiger partial charge in [-0.05, 0) is 53.0 Å². The van der Waals surface area contributed by atoms with Gasteiger partial charge < -0.3 is 15.1 Å². The third-order valence-corrected chi connectivity index (χ3v) is 3.85. The van der Waals surface area contributed by atoms with Gasteiger partial charge in [0.1, 0.15) is 0 Å². The molecule has 0 aliphatic heterocycles. The standard InChI is InChI=1S/C14H18BrClN4O/c1-8(2)6-17-7-13-19-20-14(21-13)18-12-5-11(16)9(3)4-10(12)15/h4-5,8,17H,6-7H2,1-3H3,(H,18,20). The third-order valence-electron chi connectivity index (χ3n) is 2.79. The Labute approximate surface area is 137 Å². The number of hydrogen-bond acceptors (Lipinski definition) is 5. The second-order valence-electron chi connectivity index (χ2n) is 5.23. The van der Waals surface area contributed by atoms with Gasteiger partial charge in [0.25, 0.3) is 0 Å². The van der Waals surface area contributed by atoms with Crippen LogP contribution >= 0.6 is 27.5 Å². The van der Waals surface area contributed by atoms with Crippen molar-refractivity contribution in [1.82, 2.24) is 15.5 Å². The zero-order chi connectivity index (χ0) is 15.4. The Bertz CT molecular complexity index is 615. The van der Waals surface area contributed by atoms with Crippen LogP contribution in [0.5, 0.6) is 0 Å². The summed E-state index contributed by atoms with van der Waals surface area (Å²) in [6.07, 6.45) is 0. The zero-order valence-corrected chi connectivity index (χ0v) is 14.5. The summed E-state index contributed by atoms with van der Waals surface area (Å²) in [5.74, 6) is 1.13. The van der Waals surface area contributed by atoms with Crippen molar-refractivity contribution in [2.75, 3.05) is 11.9 Å². The lowest BCUT2D eigenvalue weighted by Gasteiger charge is -2.07. The largest absolute Gasteiger partial charge is 0.406 e. The molecule has 0 amide bonds. The van der Waals surface area contributed by atoms with E-state index in [0.29, 0.717) is 29.4 Å². The number of nitrogens with one attached hydrogen (secondary N) is 2. The van der Waals surface area contributed by atoms with Gasteiger partial charge in [0.05, 0.1) is 12.2 Å². The Morgan fingerprint density at radius 1 is 1.33 bits per heavy atom. The average Bonchev–Trinajstić information content (AvgIpc) is 2.83. The van der Waals surface area contributed by atoms with E-state index in [9.17, 15) is 0 Å². The molecule has 0 spiro atoms. The highest BCUT2D eigenvalue weighted by atomic mass is 79.9. The third kappa shape index (κ3) is 4.69. The molecule has 1 aromatic carbocycles. The minimum Gasteiger partial charge on any atom is -0.406 e. The minimum absolute atomic E-state index is 0.344. The Morgan fingerprint density at radius 3 is 2.81 bits per heavy atom. The molecule has 0 radical (unpaired) electrons. The topological polar surface area (TPSA) is 63.0 Å². The number of benzene rings is 1. The van der Waals surface area contributed by atoms with Crippen molar-refractivity contribution >= 4 is 39.2 Å². The van der Waals surface area contributed by atoms with Crippen LogP contribution in [0.15, 0.2) is 21.0 Å². The molecule has 0 saturated carbocycles. The highest BCUT2D eigenvalue weighted by molar-refractivity contribution is 9.10. The Kier molecular flexibility index (Phi) is 5.61. The summed E-state index contributed by atoms with van der Waals surface area (Å²) < 4.78 is 6.43. The quantitative estimate of drug-likeness (QED) is 0.791. The van der Waals surface area contributed by atoms with E-state index in [4.69, 9.17) is 16.0 Å². The molecule has 2 rings (SSSR count). The second kappa shape index (κ2) is 7.24. The van der Waals surface area contributed by atoms with Crippen molar-refractivity contribution in [1.29, 1.82) is 0 Å². The Hall–Kier alpha value is -1.11. The van der Waals surface area contributed by atoms with Gasteiger partial charge in [-0.25, -0.2) is 0 Å². The van der Waals surface area contributed by atoms with Crippen molar-refractivity contribution in [3.05, 3.63) is 33.1 Å². The lowest BCUT2D eigenvalue weighted by molar-refractivity contribution is 0.460. The van der Waals surface area contributed by atoms with Crippen LogP contribution < -0.4 is 10.6 Å². The van der Waals surface area contributed by atoms with Crippen LogP contribution in [0.4, 0.5) is 11.7 Å². The number of rotatable bonds is 6. The van der Waals surface area contributed by atoms with Crippen molar-refractivity contribution < 1.29 is 4.42 Å². The number of nitrogens with zero attached hydrogens (tertiary/aromatic N) is 2. The van der Waals surface area contributed by atoms with E-state index in [1.807, 2.05) is 19.1 Å². The van der Waals surface area contributed by atoms with Crippen LogP contribution in [-0.2, 0) is 6.54 Å². The summed E-state index contributed by atoms with van der Waals surface area (Å²) in [5, 5.41) is 15.0. The van der Waals surface area contributed by atoms with Crippen molar-refractivity contribution in [2.24, 2.45) is 5.92 Å². The van der Waals surface area contributed by atoms with Gasteiger partial charge in [0.2, 0.25) is 5.89 Å². The van der Waals surface area contributed by atoms with Crippen LogP contribution in [0, 0.1) is 12.8 Å². The number of aromatic nitrogens is 2. The molecule has 1 heterocycles. The highest BCUT2D eigenvalue weighted by Crippen LogP contribution is 2.31. The molecule has 0 aliphatic carbocycles. The first-order valence-electron chi connectivity index (χ1n) is 6.71.